The molecule has 2 aromatic rings. The number of amides is 1. The van der Waals surface area contributed by atoms with Gasteiger partial charge in [-0.2, -0.15) is 0 Å². The summed E-state index contributed by atoms with van der Waals surface area (Å²) >= 11 is 0. The molecule has 1 N–H and O–H groups in total. The highest BCUT2D eigenvalue weighted by Gasteiger charge is 2.48. The summed E-state index contributed by atoms with van der Waals surface area (Å²) in [4.78, 5) is 15.9. The number of carbonyl (C=O) groups is 1. The van der Waals surface area contributed by atoms with Gasteiger partial charge in [-0.1, -0.05) is 36.8 Å². The van der Waals surface area contributed by atoms with Gasteiger partial charge >= 0.3 is 0 Å². The molecule has 1 saturated carbocycles. The Balaban J connectivity index is 1.43. The fourth-order valence-electron chi connectivity index (χ4n) is 5.34. The molecule has 30 heavy (non-hydrogen) atoms. The van der Waals surface area contributed by atoms with Gasteiger partial charge in [0.1, 0.15) is 17.2 Å². The minimum absolute atomic E-state index is 0.0177. The van der Waals surface area contributed by atoms with E-state index in [1.807, 2.05) is 24.3 Å². The molecule has 0 aromatic heterocycles. The average molecular weight is 409 g/mol. The van der Waals surface area contributed by atoms with Gasteiger partial charge in [0.15, 0.2) is 0 Å². The first-order chi connectivity index (χ1) is 14.5. The monoisotopic (exact) mass is 408 g/mol. The number of halogens is 1. The van der Waals surface area contributed by atoms with Crippen molar-refractivity contribution in [3.8, 4) is 5.75 Å². The molecule has 0 bridgehead atoms. The van der Waals surface area contributed by atoms with Crippen LogP contribution in [0, 0.1) is 5.82 Å². The van der Waals surface area contributed by atoms with E-state index in [1.54, 1.807) is 6.07 Å². The first-order valence-corrected chi connectivity index (χ1v) is 11.0. The molecule has 2 aromatic carbocycles. The van der Waals surface area contributed by atoms with Crippen molar-refractivity contribution in [2.75, 3.05) is 20.1 Å². The number of para-hydroxylation sites is 1. The van der Waals surface area contributed by atoms with Crippen LogP contribution >= 0.6 is 0 Å². The van der Waals surface area contributed by atoms with Crippen LogP contribution < -0.4 is 10.1 Å². The Hall–Kier alpha value is -2.40. The van der Waals surface area contributed by atoms with E-state index in [-0.39, 0.29) is 23.4 Å². The number of piperidine rings is 1. The molecule has 2 fully saturated rings. The van der Waals surface area contributed by atoms with Crippen molar-refractivity contribution < 1.29 is 13.9 Å². The van der Waals surface area contributed by atoms with Gasteiger partial charge in [-0.25, -0.2) is 4.39 Å². The number of carbonyl (C=O) groups excluding carboxylic acids is 1. The van der Waals surface area contributed by atoms with Crippen molar-refractivity contribution in [2.24, 2.45) is 0 Å². The maximum absolute atomic E-state index is 13.9. The predicted octanol–water partition coefficient (Wildman–Crippen LogP) is 4.35. The molecule has 1 saturated heterocycles. The number of nitrogens with zero attached hydrogens (tertiary/aromatic N) is 1. The van der Waals surface area contributed by atoms with Crippen LogP contribution in [0.25, 0.3) is 0 Å². The third kappa shape index (κ3) is 3.29. The zero-order valence-corrected chi connectivity index (χ0v) is 17.5. The van der Waals surface area contributed by atoms with E-state index < -0.39 is 5.41 Å². The van der Waals surface area contributed by atoms with E-state index in [0.29, 0.717) is 0 Å². The van der Waals surface area contributed by atoms with Crippen LogP contribution in [0.5, 0.6) is 5.75 Å². The van der Waals surface area contributed by atoms with Crippen LogP contribution in [0.3, 0.4) is 0 Å². The van der Waals surface area contributed by atoms with Gasteiger partial charge in [-0.05, 0) is 56.5 Å². The number of hydrogen-bond donors (Lipinski definition) is 1. The second-order valence-electron chi connectivity index (χ2n) is 9.30. The Kier molecular flexibility index (Phi) is 4.81. The molecule has 0 radical (unpaired) electrons. The summed E-state index contributed by atoms with van der Waals surface area (Å²) in [5.74, 6) is 0.615. The number of benzene rings is 2. The fraction of sp³-hybridized carbons (Fsp3) is 0.480. The van der Waals surface area contributed by atoms with Gasteiger partial charge in [-0.15, -0.1) is 0 Å². The van der Waals surface area contributed by atoms with Crippen molar-refractivity contribution in [1.82, 2.24) is 10.2 Å². The van der Waals surface area contributed by atoms with Gasteiger partial charge < -0.3 is 15.0 Å². The highest BCUT2D eigenvalue weighted by Crippen LogP contribution is 2.47. The lowest BCUT2D eigenvalue weighted by atomic mass is 9.63. The molecule has 4 nitrogen and oxygen atoms in total. The van der Waals surface area contributed by atoms with Gasteiger partial charge in [-0.3, -0.25) is 4.79 Å². The fourth-order valence-corrected chi connectivity index (χ4v) is 5.34. The van der Waals surface area contributed by atoms with Crippen LogP contribution in [0.1, 0.15) is 55.7 Å². The number of fused-ring (bicyclic) bond motifs is 1. The van der Waals surface area contributed by atoms with Gasteiger partial charge in [0.25, 0.3) is 0 Å². The number of hydrogen-bond acceptors (Lipinski definition) is 3. The highest BCUT2D eigenvalue weighted by atomic mass is 19.1. The van der Waals surface area contributed by atoms with Crippen molar-refractivity contribution in [1.29, 1.82) is 0 Å². The maximum atomic E-state index is 13.9. The average Bonchev–Trinajstić information content (AvgIpc) is 2.70. The standard InChI is InChI=1S/C25H29FN2O2/c1-28-14-12-24(13-15-28)17-21(20-8-2-3-9-22(20)30-24)27-23(29)25(10-5-11-25)18-6-4-7-19(26)16-18/h2-4,6-9,16,21H,5,10-15,17H2,1H3,(H,27,29). The second kappa shape index (κ2) is 7.38. The van der Waals surface area contributed by atoms with Gasteiger partial charge in [0.2, 0.25) is 5.91 Å². The van der Waals surface area contributed by atoms with Crippen molar-refractivity contribution in [2.45, 2.75) is 55.6 Å². The zero-order valence-electron chi connectivity index (χ0n) is 17.5. The van der Waals surface area contributed by atoms with Crippen LogP contribution in [0.2, 0.25) is 0 Å². The Morgan fingerprint density at radius 1 is 1.10 bits per heavy atom. The molecule has 158 valence electrons. The van der Waals surface area contributed by atoms with Crippen molar-refractivity contribution in [3.05, 3.63) is 65.5 Å². The molecule has 5 heteroatoms. The number of likely N-dealkylation sites (tertiary alicyclic amines) is 1. The number of nitrogens with one attached hydrogen (secondary N) is 1. The lowest BCUT2D eigenvalue weighted by Gasteiger charge is -2.48. The van der Waals surface area contributed by atoms with E-state index in [4.69, 9.17) is 4.74 Å². The molecule has 1 aliphatic carbocycles. The first kappa shape index (κ1) is 19.6. The molecule has 3 aliphatic rings. The summed E-state index contributed by atoms with van der Waals surface area (Å²) in [5, 5.41) is 3.36. The summed E-state index contributed by atoms with van der Waals surface area (Å²) in [7, 11) is 2.14. The Bertz CT molecular complexity index is 948. The molecule has 5 rings (SSSR count). The molecule has 2 aliphatic heterocycles. The van der Waals surface area contributed by atoms with E-state index in [0.717, 1.165) is 68.5 Å². The minimum Gasteiger partial charge on any atom is -0.487 e. The number of ether oxygens (including phenoxy) is 1. The zero-order chi connectivity index (χ0) is 20.8. The summed E-state index contributed by atoms with van der Waals surface area (Å²) in [6, 6.07) is 14.5. The summed E-state index contributed by atoms with van der Waals surface area (Å²) < 4.78 is 20.4. The molecule has 1 spiro atoms. The third-order valence-corrected chi connectivity index (χ3v) is 7.42. The maximum Gasteiger partial charge on any atom is 0.231 e. The van der Waals surface area contributed by atoms with Crippen LogP contribution in [0.4, 0.5) is 4.39 Å². The van der Waals surface area contributed by atoms with Crippen LogP contribution in [-0.4, -0.2) is 36.5 Å². The molecule has 1 unspecified atom stereocenters. The largest absolute Gasteiger partial charge is 0.487 e. The SMILES string of the molecule is CN1CCC2(CC1)CC(NC(=O)C1(c3cccc(F)c3)CCC1)c1ccccc1O2. The topological polar surface area (TPSA) is 41.6 Å². The van der Waals surface area contributed by atoms with Gasteiger partial charge in [0, 0.05) is 25.1 Å². The Labute approximate surface area is 177 Å². The molecule has 1 atom stereocenters. The summed E-state index contributed by atoms with van der Waals surface area (Å²) in [5.41, 5.74) is 0.990. The minimum atomic E-state index is -0.616. The smallest absolute Gasteiger partial charge is 0.231 e. The lowest BCUT2D eigenvalue weighted by molar-refractivity contribution is -0.131. The molecule has 1 amide bonds. The van der Waals surface area contributed by atoms with Crippen LogP contribution in [-0.2, 0) is 10.2 Å². The van der Waals surface area contributed by atoms with Gasteiger partial charge in [0.05, 0.1) is 11.5 Å². The Morgan fingerprint density at radius 2 is 1.87 bits per heavy atom. The third-order valence-electron chi connectivity index (χ3n) is 7.42. The second-order valence-corrected chi connectivity index (χ2v) is 9.30. The van der Waals surface area contributed by atoms with Crippen molar-refractivity contribution >= 4 is 5.91 Å². The van der Waals surface area contributed by atoms with E-state index in [2.05, 4.69) is 23.3 Å². The van der Waals surface area contributed by atoms with E-state index in [9.17, 15) is 9.18 Å². The molecule has 2 heterocycles. The van der Waals surface area contributed by atoms with Crippen molar-refractivity contribution in [3.63, 3.8) is 0 Å². The summed E-state index contributed by atoms with van der Waals surface area (Å²) in [6.07, 6.45) is 5.22. The van der Waals surface area contributed by atoms with Crippen LogP contribution in [0.15, 0.2) is 48.5 Å². The molecular weight excluding hydrogens is 379 g/mol. The number of rotatable bonds is 3. The molecular formula is C25H29FN2O2. The lowest BCUT2D eigenvalue weighted by Crippen LogP contribution is -2.54. The predicted molar refractivity (Wildman–Crippen MR) is 114 cm³/mol. The normalized spacial score (nSPS) is 24.4. The first-order valence-electron chi connectivity index (χ1n) is 11.0. The van der Waals surface area contributed by atoms with E-state index in [1.165, 1.54) is 12.1 Å². The van der Waals surface area contributed by atoms with E-state index >= 15 is 0 Å². The summed E-state index contributed by atoms with van der Waals surface area (Å²) in [6.45, 7) is 1.99. The Morgan fingerprint density at radius 3 is 2.57 bits per heavy atom. The highest BCUT2D eigenvalue weighted by molar-refractivity contribution is 5.89. The quantitative estimate of drug-likeness (QED) is 0.821.